The van der Waals surface area contributed by atoms with E-state index in [9.17, 15) is 4.79 Å². The summed E-state index contributed by atoms with van der Waals surface area (Å²) < 4.78 is 7.41. The number of rotatable bonds is 8. The number of aromatic amines is 1. The highest BCUT2D eigenvalue weighted by atomic mass is 32.1. The Morgan fingerprint density at radius 2 is 2.18 bits per heavy atom. The van der Waals surface area contributed by atoms with Crippen molar-refractivity contribution in [1.29, 1.82) is 0 Å². The Morgan fingerprint density at radius 3 is 2.88 bits per heavy atom. The van der Waals surface area contributed by atoms with Crippen LogP contribution in [0.25, 0.3) is 0 Å². The zero-order chi connectivity index (χ0) is 12.5. The molecule has 0 unspecified atom stereocenters. The number of ether oxygens (including phenoxy) is 1. The molecule has 94 valence electrons. The van der Waals surface area contributed by atoms with E-state index in [1.54, 1.807) is 6.20 Å². The van der Waals surface area contributed by atoms with Gasteiger partial charge in [-0.25, -0.2) is 0 Å². The van der Waals surface area contributed by atoms with Crippen LogP contribution >= 0.6 is 12.2 Å². The third-order valence-electron chi connectivity index (χ3n) is 2.43. The lowest BCUT2D eigenvalue weighted by molar-refractivity contribution is 0.241. The van der Waals surface area contributed by atoms with Crippen LogP contribution in [0.3, 0.4) is 0 Å². The topological polar surface area (TPSA) is 47.0 Å². The van der Waals surface area contributed by atoms with Gasteiger partial charge in [-0.1, -0.05) is 19.4 Å². The van der Waals surface area contributed by atoms with Gasteiger partial charge in [0.25, 0.3) is 5.56 Å². The van der Waals surface area contributed by atoms with E-state index in [0.717, 1.165) is 38.8 Å². The molecule has 0 saturated carbocycles. The molecule has 5 heteroatoms. The molecular weight excluding hydrogens is 236 g/mol. The van der Waals surface area contributed by atoms with Gasteiger partial charge in [0.15, 0.2) is 4.77 Å². The Bertz CT molecular complexity index is 450. The van der Waals surface area contributed by atoms with Crippen molar-refractivity contribution in [1.82, 2.24) is 9.55 Å². The predicted octanol–water partition coefficient (Wildman–Crippen LogP) is 2.63. The smallest absolute Gasteiger partial charge is 0.251 e. The van der Waals surface area contributed by atoms with Crippen LogP contribution in [0.15, 0.2) is 29.9 Å². The molecule has 1 rings (SSSR count). The Balaban J connectivity index is 2.20. The molecule has 0 aliphatic carbocycles. The Labute approximate surface area is 106 Å². The summed E-state index contributed by atoms with van der Waals surface area (Å²) in [5.74, 6) is 0. The van der Waals surface area contributed by atoms with Crippen molar-refractivity contribution in [3.05, 3.63) is 40.2 Å². The van der Waals surface area contributed by atoms with Crippen molar-refractivity contribution >= 4 is 12.2 Å². The summed E-state index contributed by atoms with van der Waals surface area (Å²) >= 11 is 5.05. The first-order valence-electron chi connectivity index (χ1n) is 5.76. The van der Waals surface area contributed by atoms with Crippen molar-refractivity contribution in [3.8, 4) is 0 Å². The fourth-order valence-corrected chi connectivity index (χ4v) is 1.78. The molecule has 1 N–H and O–H groups in total. The van der Waals surface area contributed by atoms with Gasteiger partial charge < -0.3 is 9.30 Å². The molecule has 4 nitrogen and oxygen atoms in total. The monoisotopic (exact) mass is 254 g/mol. The number of H-pyrrole nitrogens is 1. The Kier molecular flexibility index (Phi) is 6.32. The summed E-state index contributed by atoms with van der Waals surface area (Å²) in [6, 6.07) is 1.49. The quantitative estimate of drug-likeness (QED) is 0.441. The van der Waals surface area contributed by atoms with Crippen LogP contribution in [0.1, 0.15) is 25.7 Å². The minimum Gasteiger partial charge on any atom is -0.502 e. The number of aryl methyl sites for hydroxylation is 1. The van der Waals surface area contributed by atoms with Gasteiger partial charge in [-0.05, 0) is 25.1 Å². The second-order valence-electron chi connectivity index (χ2n) is 3.76. The minimum atomic E-state index is -0.146. The van der Waals surface area contributed by atoms with E-state index in [0.29, 0.717) is 4.77 Å². The molecule has 0 bridgehead atoms. The first kappa shape index (κ1) is 13.7. The Hall–Kier alpha value is -1.36. The standard InChI is InChI=1S/C12H18N2O2S/c1-2-16-10-6-4-3-5-8-14-9-7-11(15)13-12(14)17/h2,7,9H,1,3-6,8,10H2,(H,13,15,17). The fraction of sp³-hybridized carbons (Fsp3) is 0.500. The first-order chi connectivity index (χ1) is 8.24. The van der Waals surface area contributed by atoms with Crippen molar-refractivity contribution in [2.45, 2.75) is 32.2 Å². The molecule has 17 heavy (non-hydrogen) atoms. The third-order valence-corrected chi connectivity index (χ3v) is 2.76. The molecule has 1 aromatic heterocycles. The van der Waals surface area contributed by atoms with Gasteiger partial charge in [0.05, 0.1) is 12.9 Å². The largest absolute Gasteiger partial charge is 0.502 e. The van der Waals surface area contributed by atoms with Crippen molar-refractivity contribution in [2.75, 3.05) is 6.61 Å². The van der Waals surface area contributed by atoms with Crippen LogP contribution in [0.5, 0.6) is 0 Å². The average molecular weight is 254 g/mol. The van der Waals surface area contributed by atoms with E-state index >= 15 is 0 Å². The van der Waals surface area contributed by atoms with E-state index in [4.69, 9.17) is 17.0 Å². The van der Waals surface area contributed by atoms with Gasteiger partial charge in [-0.15, -0.1) is 0 Å². The van der Waals surface area contributed by atoms with Crippen LogP contribution < -0.4 is 5.56 Å². The molecule has 1 heterocycles. The number of unbranched alkanes of at least 4 members (excludes halogenated alkanes) is 3. The normalized spacial score (nSPS) is 10.1. The van der Waals surface area contributed by atoms with Gasteiger partial charge in [0.2, 0.25) is 0 Å². The summed E-state index contributed by atoms with van der Waals surface area (Å²) in [6.07, 6.45) is 7.56. The van der Waals surface area contributed by atoms with Gasteiger partial charge in [-0.2, -0.15) is 0 Å². The van der Waals surface area contributed by atoms with Gasteiger partial charge in [0, 0.05) is 18.8 Å². The predicted molar refractivity (Wildman–Crippen MR) is 70.5 cm³/mol. The maximum absolute atomic E-state index is 11.0. The van der Waals surface area contributed by atoms with E-state index < -0.39 is 0 Å². The second-order valence-corrected chi connectivity index (χ2v) is 4.14. The van der Waals surface area contributed by atoms with Crippen molar-refractivity contribution < 1.29 is 4.74 Å². The summed E-state index contributed by atoms with van der Waals surface area (Å²) in [4.78, 5) is 13.6. The van der Waals surface area contributed by atoms with Crippen LogP contribution in [-0.2, 0) is 11.3 Å². The molecule has 0 atom stereocenters. The molecule has 0 amide bonds. The lowest BCUT2D eigenvalue weighted by Gasteiger charge is -2.05. The molecule has 0 fully saturated rings. The maximum Gasteiger partial charge on any atom is 0.251 e. The minimum absolute atomic E-state index is 0.146. The van der Waals surface area contributed by atoms with Crippen LogP contribution in [0.4, 0.5) is 0 Å². The lowest BCUT2D eigenvalue weighted by Crippen LogP contribution is -2.11. The summed E-state index contributed by atoms with van der Waals surface area (Å²) in [5.41, 5.74) is -0.146. The number of nitrogens with zero attached hydrogens (tertiary/aromatic N) is 1. The van der Waals surface area contributed by atoms with Crippen LogP contribution in [0.2, 0.25) is 0 Å². The second kappa shape index (κ2) is 7.84. The molecule has 0 aliphatic rings. The number of aromatic nitrogens is 2. The highest BCUT2D eigenvalue weighted by Crippen LogP contribution is 2.02. The molecule has 0 spiro atoms. The zero-order valence-corrected chi connectivity index (χ0v) is 10.7. The van der Waals surface area contributed by atoms with E-state index in [1.807, 2.05) is 4.57 Å². The molecule has 0 radical (unpaired) electrons. The SMILES string of the molecule is C=COCCCCCCn1ccc(=O)[nH]c1=S. The highest BCUT2D eigenvalue weighted by molar-refractivity contribution is 7.71. The molecular formula is C12H18N2O2S. The maximum atomic E-state index is 11.0. The van der Waals surface area contributed by atoms with Crippen LogP contribution in [0, 0.1) is 4.77 Å². The summed E-state index contributed by atoms with van der Waals surface area (Å²) in [7, 11) is 0. The summed E-state index contributed by atoms with van der Waals surface area (Å²) in [6.45, 7) is 5.07. The van der Waals surface area contributed by atoms with Crippen molar-refractivity contribution in [3.63, 3.8) is 0 Å². The van der Waals surface area contributed by atoms with E-state index in [2.05, 4.69) is 11.6 Å². The van der Waals surface area contributed by atoms with Gasteiger partial charge >= 0.3 is 0 Å². The van der Waals surface area contributed by atoms with Gasteiger partial charge in [0.1, 0.15) is 0 Å². The lowest BCUT2D eigenvalue weighted by atomic mass is 10.2. The first-order valence-corrected chi connectivity index (χ1v) is 6.17. The number of hydrogen-bond donors (Lipinski definition) is 1. The summed E-state index contributed by atoms with van der Waals surface area (Å²) in [5, 5.41) is 0. The number of hydrogen-bond acceptors (Lipinski definition) is 3. The average Bonchev–Trinajstić information content (AvgIpc) is 2.30. The van der Waals surface area contributed by atoms with Gasteiger partial charge in [-0.3, -0.25) is 9.78 Å². The molecule has 0 aliphatic heterocycles. The van der Waals surface area contributed by atoms with E-state index in [-0.39, 0.29) is 5.56 Å². The van der Waals surface area contributed by atoms with Crippen LogP contribution in [-0.4, -0.2) is 16.2 Å². The van der Waals surface area contributed by atoms with E-state index in [1.165, 1.54) is 12.3 Å². The number of nitrogens with one attached hydrogen (secondary N) is 1. The molecule has 0 saturated heterocycles. The van der Waals surface area contributed by atoms with Crippen molar-refractivity contribution in [2.24, 2.45) is 0 Å². The molecule has 0 aromatic carbocycles. The Morgan fingerprint density at radius 1 is 1.41 bits per heavy atom. The third kappa shape index (κ3) is 5.49. The fourth-order valence-electron chi connectivity index (χ4n) is 1.52. The molecule has 1 aromatic rings. The zero-order valence-electron chi connectivity index (χ0n) is 9.85. The highest BCUT2D eigenvalue weighted by Gasteiger charge is 1.94.